The molecule has 0 aliphatic rings. The number of nitrogens with two attached hydrogens (primary N) is 1. The first kappa shape index (κ1) is 15.5. The fourth-order valence-corrected chi connectivity index (χ4v) is 3.96. The molecule has 0 aliphatic heterocycles. The van der Waals surface area contributed by atoms with Gasteiger partial charge in [-0.05, 0) is 6.92 Å². The molecular weight excluding hydrogens is 326 g/mol. The molecule has 1 aromatic carbocycles. The summed E-state index contributed by atoms with van der Waals surface area (Å²) in [5, 5.41) is 10.4. The van der Waals surface area contributed by atoms with Gasteiger partial charge in [0.1, 0.15) is 22.5 Å². The van der Waals surface area contributed by atoms with Crippen molar-refractivity contribution in [1.29, 1.82) is 5.26 Å². The fraction of sp³-hybridized carbons (Fsp3) is 0.125. The van der Waals surface area contributed by atoms with Gasteiger partial charge in [-0.1, -0.05) is 42.1 Å². The molecule has 2 N–H and O–H groups in total. The molecule has 0 saturated heterocycles. The average molecular weight is 339 g/mol. The number of thiazole rings is 1. The number of nitrogens with zero attached hydrogens (tertiary/aromatic N) is 4. The highest BCUT2D eigenvalue weighted by Crippen LogP contribution is 2.31. The summed E-state index contributed by atoms with van der Waals surface area (Å²) in [5.41, 5.74) is 8.15. The summed E-state index contributed by atoms with van der Waals surface area (Å²) in [5.74, 6) is 0.942. The average Bonchev–Trinajstić information content (AvgIpc) is 2.95. The van der Waals surface area contributed by atoms with Crippen LogP contribution in [0.15, 0.2) is 41.7 Å². The number of anilines is 1. The number of aromatic nitrogens is 3. The van der Waals surface area contributed by atoms with Gasteiger partial charge >= 0.3 is 0 Å². The van der Waals surface area contributed by atoms with E-state index >= 15 is 0 Å². The van der Waals surface area contributed by atoms with E-state index in [1.165, 1.54) is 22.8 Å². The smallest absolute Gasteiger partial charge is 0.189 e. The first-order valence-electron chi connectivity index (χ1n) is 6.84. The molecule has 0 radical (unpaired) electrons. The van der Waals surface area contributed by atoms with E-state index < -0.39 is 0 Å². The molecule has 0 aliphatic carbocycles. The van der Waals surface area contributed by atoms with Gasteiger partial charge in [0.25, 0.3) is 0 Å². The van der Waals surface area contributed by atoms with E-state index in [0.29, 0.717) is 10.7 Å². The zero-order chi connectivity index (χ0) is 16.2. The highest BCUT2D eigenvalue weighted by molar-refractivity contribution is 7.98. The second-order valence-corrected chi connectivity index (χ2v) is 6.77. The van der Waals surface area contributed by atoms with Crippen molar-refractivity contribution in [2.75, 3.05) is 5.73 Å². The number of hydrogen-bond donors (Lipinski definition) is 1. The van der Waals surface area contributed by atoms with Gasteiger partial charge in [-0.25, -0.2) is 15.0 Å². The lowest BCUT2D eigenvalue weighted by molar-refractivity contribution is 0.969. The summed E-state index contributed by atoms with van der Waals surface area (Å²) in [6.07, 6.45) is 1.46. The van der Waals surface area contributed by atoms with Gasteiger partial charge < -0.3 is 5.73 Å². The third-order valence-electron chi connectivity index (χ3n) is 3.16. The molecule has 2 heterocycles. The molecule has 0 bridgehead atoms. The Morgan fingerprint density at radius 2 is 2.04 bits per heavy atom. The third-order valence-corrected chi connectivity index (χ3v) is 5.44. The number of nitrogen functional groups attached to an aromatic ring is 1. The molecule has 0 saturated carbocycles. The van der Waals surface area contributed by atoms with Gasteiger partial charge in [-0.3, -0.25) is 0 Å². The van der Waals surface area contributed by atoms with Crippen LogP contribution < -0.4 is 5.73 Å². The zero-order valence-corrected chi connectivity index (χ0v) is 14.0. The third kappa shape index (κ3) is 3.50. The SMILES string of the molecule is Cc1nc(-c2ccccc2)sc1CSc1ncc(C#N)c(N)n1. The monoisotopic (exact) mass is 339 g/mol. The normalized spacial score (nSPS) is 10.4. The Balaban J connectivity index is 1.75. The van der Waals surface area contributed by atoms with E-state index in [0.717, 1.165) is 22.0 Å². The minimum Gasteiger partial charge on any atom is -0.382 e. The van der Waals surface area contributed by atoms with Gasteiger partial charge in [-0.15, -0.1) is 11.3 Å². The molecular formula is C16H13N5S2. The lowest BCUT2D eigenvalue weighted by Gasteiger charge is -2.01. The molecule has 0 spiro atoms. The molecule has 0 fully saturated rings. The van der Waals surface area contributed by atoms with Crippen LogP contribution in [0.4, 0.5) is 5.82 Å². The number of nitriles is 1. The van der Waals surface area contributed by atoms with Crippen LogP contribution in [-0.2, 0) is 5.75 Å². The summed E-state index contributed by atoms with van der Waals surface area (Å²) in [4.78, 5) is 14.1. The maximum absolute atomic E-state index is 8.84. The molecule has 0 atom stereocenters. The molecule has 7 heteroatoms. The van der Waals surface area contributed by atoms with E-state index in [1.807, 2.05) is 31.2 Å². The number of benzene rings is 1. The molecule has 23 heavy (non-hydrogen) atoms. The Kier molecular flexibility index (Phi) is 4.55. The maximum atomic E-state index is 8.84. The summed E-state index contributed by atoms with van der Waals surface area (Å²) >= 11 is 3.16. The number of rotatable bonds is 4. The second-order valence-electron chi connectivity index (χ2n) is 4.75. The highest BCUT2D eigenvalue weighted by Gasteiger charge is 2.11. The molecule has 0 amide bonds. The molecule has 2 aromatic heterocycles. The lowest BCUT2D eigenvalue weighted by atomic mass is 10.2. The van der Waals surface area contributed by atoms with Crippen molar-refractivity contribution in [2.45, 2.75) is 17.8 Å². The summed E-state index contributed by atoms with van der Waals surface area (Å²) in [6.45, 7) is 2.01. The van der Waals surface area contributed by atoms with Gasteiger partial charge in [0.15, 0.2) is 5.16 Å². The van der Waals surface area contributed by atoms with Crippen molar-refractivity contribution in [3.8, 4) is 16.6 Å². The zero-order valence-electron chi connectivity index (χ0n) is 12.4. The van der Waals surface area contributed by atoms with Crippen molar-refractivity contribution in [1.82, 2.24) is 15.0 Å². The van der Waals surface area contributed by atoms with Crippen LogP contribution in [0.1, 0.15) is 16.1 Å². The first-order valence-corrected chi connectivity index (χ1v) is 8.64. The fourth-order valence-electron chi connectivity index (χ4n) is 1.93. The number of thioether (sulfide) groups is 1. The van der Waals surface area contributed by atoms with Crippen LogP contribution in [-0.4, -0.2) is 15.0 Å². The van der Waals surface area contributed by atoms with Crippen LogP contribution in [0.25, 0.3) is 10.6 Å². The molecule has 3 aromatic rings. The molecule has 114 valence electrons. The molecule has 5 nitrogen and oxygen atoms in total. The van der Waals surface area contributed by atoms with E-state index in [9.17, 15) is 0 Å². The molecule has 3 rings (SSSR count). The first-order chi connectivity index (χ1) is 11.2. The van der Waals surface area contributed by atoms with Crippen LogP contribution in [0.5, 0.6) is 0 Å². The van der Waals surface area contributed by atoms with Gasteiger partial charge in [0.05, 0.1) is 11.9 Å². The minimum atomic E-state index is 0.219. The summed E-state index contributed by atoms with van der Waals surface area (Å²) in [7, 11) is 0. The predicted octanol–water partition coefficient (Wildman–Crippen LogP) is 3.65. The van der Waals surface area contributed by atoms with Gasteiger partial charge in [0, 0.05) is 16.2 Å². The number of aryl methyl sites for hydroxylation is 1. The molecule has 0 unspecified atom stereocenters. The van der Waals surface area contributed by atoms with Crippen LogP contribution >= 0.6 is 23.1 Å². The predicted molar refractivity (Wildman–Crippen MR) is 93.0 cm³/mol. The van der Waals surface area contributed by atoms with Gasteiger partial charge in [-0.2, -0.15) is 5.26 Å². The second kappa shape index (κ2) is 6.77. The van der Waals surface area contributed by atoms with Crippen molar-refractivity contribution in [3.63, 3.8) is 0 Å². The Morgan fingerprint density at radius 3 is 2.74 bits per heavy atom. The Hall–Kier alpha value is -2.43. The number of hydrogen-bond acceptors (Lipinski definition) is 7. The standard InChI is InChI=1S/C16H13N5S2/c1-10-13(23-15(20-10)11-5-3-2-4-6-11)9-22-16-19-8-12(7-17)14(18)21-16/h2-6,8H,9H2,1H3,(H2,18,19,21). The Morgan fingerprint density at radius 1 is 1.26 bits per heavy atom. The summed E-state index contributed by atoms with van der Waals surface area (Å²) in [6, 6.07) is 12.1. The van der Waals surface area contributed by atoms with Crippen molar-refractivity contribution >= 4 is 28.9 Å². The van der Waals surface area contributed by atoms with Crippen molar-refractivity contribution < 1.29 is 0 Å². The Bertz CT molecular complexity index is 868. The Labute approximate surface area is 142 Å². The van der Waals surface area contributed by atoms with Crippen LogP contribution in [0.2, 0.25) is 0 Å². The van der Waals surface area contributed by atoms with Crippen molar-refractivity contribution in [3.05, 3.63) is 52.7 Å². The minimum absolute atomic E-state index is 0.219. The topological polar surface area (TPSA) is 88.5 Å². The summed E-state index contributed by atoms with van der Waals surface area (Å²) < 4.78 is 0. The highest BCUT2D eigenvalue weighted by atomic mass is 32.2. The quantitative estimate of drug-likeness (QED) is 0.576. The lowest BCUT2D eigenvalue weighted by Crippen LogP contribution is -1.98. The van der Waals surface area contributed by atoms with E-state index in [2.05, 4.69) is 27.1 Å². The van der Waals surface area contributed by atoms with E-state index in [-0.39, 0.29) is 5.82 Å². The van der Waals surface area contributed by atoms with Crippen molar-refractivity contribution in [2.24, 2.45) is 0 Å². The van der Waals surface area contributed by atoms with Gasteiger partial charge in [0.2, 0.25) is 0 Å². The maximum Gasteiger partial charge on any atom is 0.189 e. The van der Waals surface area contributed by atoms with Crippen LogP contribution in [0.3, 0.4) is 0 Å². The van der Waals surface area contributed by atoms with E-state index in [4.69, 9.17) is 11.0 Å². The van der Waals surface area contributed by atoms with E-state index in [1.54, 1.807) is 11.3 Å². The van der Waals surface area contributed by atoms with Crippen LogP contribution in [0, 0.1) is 18.3 Å². The largest absolute Gasteiger partial charge is 0.382 e.